The van der Waals surface area contributed by atoms with Crippen LogP contribution in [0.25, 0.3) is 0 Å². The number of halogens is 1. The Morgan fingerprint density at radius 2 is 2.41 bits per heavy atom. The summed E-state index contributed by atoms with van der Waals surface area (Å²) in [6, 6.07) is 8.53. The van der Waals surface area contributed by atoms with Crippen LogP contribution in [-0.4, -0.2) is 44.8 Å². The topological polar surface area (TPSA) is 24.5 Å². The summed E-state index contributed by atoms with van der Waals surface area (Å²) in [4.78, 5) is 2.45. The first kappa shape index (κ1) is 12.8. The zero-order chi connectivity index (χ0) is 12.1. The molecule has 1 aromatic rings. The summed E-state index contributed by atoms with van der Waals surface area (Å²) in [5, 5.41) is 4.24. The Balaban J connectivity index is 2.10. The van der Waals surface area contributed by atoms with Crippen LogP contribution in [0.4, 0.5) is 0 Å². The van der Waals surface area contributed by atoms with Crippen LogP contribution in [0.15, 0.2) is 24.3 Å². The Morgan fingerprint density at radius 1 is 1.53 bits per heavy atom. The van der Waals surface area contributed by atoms with E-state index in [9.17, 15) is 0 Å². The first-order valence-corrected chi connectivity index (χ1v) is 6.38. The molecule has 0 aliphatic carbocycles. The molecule has 0 bridgehead atoms. The van der Waals surface area contributed by atoms with E-state index in [4.69, 9.17) is 16.3 Å². The van der Waals surface area contributed by atoms with Gasteiger partial charge in [-0.15, -0.1) is 0 Å². The minimum absolute atomic E-state index is 0.401. The van der Waals surface area contributed by atoms with Crippen LogP contribution in [0, 0.1) is 0 Å². The molecule has 1 saturated heterocycles. The summed E-state index contributed by atoms with van der Waals surface area (Å²) >= 11 is 6.05. The lowest BCUT2D eigenvalue weighted by atomic mass is 10.0. The molecular formula is C13H19ClN2O. The van der Waals surface area contributed by atoms with Crippen molar-refractivity contribution in [1.82, 2.24) is 10.2 Å². The van der Waals surface area contributed by atoms with Crippen LogP contribution in [-0.2, 0) is 4.74 Å². The van der Waals surface area contributed by atoms with Gasteiger partial charge in [0.1, 0.15) is 0 Å². The van der Waals surface area contributed by atoms with Gasteiger partial charge in [0.05, 0.1) is 6.61 Å². The van der Waals surface area contributed by atoms with Gasteiger partial charge in [-0.05, 0) is 17.7 Å². The normalized spacial score (nSPS) is 21.6. The fourth-order valence-electron chi connectivity index (χ4n) is 2.27. The molecule has 0 saturated carbocycles. The molecule has 2 rings (SSSR count). The second-order valence-electron chi connectivity index (χ2n) is 4.30. The van der Waals surface area contributed by atoms with Crippen molar-refractivity contribution in [3.05, 3.63) is 34.9 Å². The predicted molar refractivity (Wildman–Crippen MR) is 70.5 cm³/mol. The van der Waals surface area contributed by atoms with E-state index >= 15 is 0 Å². The highest BCUT2D eigenvalue weighted by Crippen LogP contribution is 2.24. The zero-order valence-electron chi connectivity index (χ0n) is 10.2. The van der Waals surface area contributed by atoms with Crippen molar-refractivity contribution in [2.45, 2.75) is 6.04 Å². The average Bonchev–Trinajstić information content (AvgIpc) is 2.37. The minimum atomic E-state index is 0.401. The maximum Gasteiger partial charge on any atom is 0.0589 e. The summed E-state index contributed by atoms with van der Waals surface area (Å²) < 4.78 is 5.16. The van der Waals surface area contributed by atoms with Crippen LogP contribution in [0.2, 0.25) is 5.02 Å². The minimum Gasteiger partial charge on any atom is -0.383 e. The van der Waals surface area contributed by atoms with Gasteiger partial charge in [0, 0.05) is 44.4 Å². The van der Waals surface area contributed by atoms with Crippen molar-refractivity contribution in [3.63, 3.8) is 0 Å². The fourth-order valence-corrected chi connectivity index (χ4v) is 2.46. The molecule has 1 aliphatic rings. The van der Waals surface area contributed by atoms with E-state index in [1.165, 1.54) is 5.56 Å². The molecule has 1 aliphatic heterocycles. The number of hydrogen-bond donors (Lipinski definition) is 1. The van der Waals surface area contributed by atoms with Crippen molar-refractivity contribution in [3.8, 4) is 0 Å². The standard InChI is InChI=1S/C13H19ClN2O/c1-17-8-7-16-6-5-15-10-13(16)11-3-2-4-12(14)9-11/h2-4,9,13,15H,5-8,10H2,1H3. The molecule has 1 aromatic carbocycles. The van der Waals surface area contributed by atoms with Gasteiger partial charge >= 0.3 is 0 Å². The van der Waals surface area contributed by atoms with Crippen LogP contribution < -0.4 is 5.32 Å². The van der Waals surface area contributed by atoms with Crippen molar-refractivity contribution >= 4 is 11.6 Å². The molecule has 0 aromatic heterocycles. The molecule has 1 fully saturated rings. The number of methoxy groups -OCH3 is 1. The number of ether oxygens (including phenoxy) is 1. The smallest absolute Gasteiger partial charge is 0.0589 e. The van der Waals surface area contributed by atoms with E-state index in [1.54, 1.807) is 7.11 Å². The van der Waals surface area contributed by atoms with Crippen LogP contribution in [0.5, 0.6) is 0 Å². The summed E-state index contributed by atoms with van der Waals surface area (Å²) in [5.41, 5.74) is 1.28. The Labute approximate surface area is 108 Å². The maximum atomic E-state index is 6.05. The Kier molecular flexibility index (Phi) is 4.80. The lowest BCUT2D eigenvalue weighted by Gasteiger charge is -2.36. The summed E-state index contributed by atoms with van der Waals surface area (Å²) in [6.45, 7) is 4.82. The molecule has 1 N–H and O–H groups in total. The van der Waals surface area contributed by atoms with Gasteiger partial charge in [-0.2, -0.15) is 0 Å². The van der Waals surface area contributed by atoms with E-state index in [1.807, 2.05) is 12.1 Å². The van der Waals surface area contributed by atoms with Gasteiger partial charge in [-0.3, -0.25) is 4.90 Å². The SMILES string of the molecule is COCCN1CCNCC1c1cccc(Cl)c1. The van der Waals surface area contributed by atoms with Crippen molar-refractivity contribution in [2.75, 3.05) is 39.9 Å². The van der Waals surface area contributed by atoms with Crippen LogP contribution in [0.3, 0.4) is 0 Å². The molecule has 0 amide bonds. The quantitative estimate of drug-likeness (QED) is 0.889. The number of nitrogens with zero attached hydrogens (tertiary/aromatic N) is 1. The van der Waals surface area contributed by atoms with Gasteiger partial charge in [-0.1, -0.05) is 23.7 Å². The molecule has 0 radical (unpaired) electrons. The largest absolute Gasteiger partial charge is 0.383 e. The van der Waals surface area contributed by atoms with E-state index < -0.39 is 0 Å². The third-order valence-corrected chi connectivity index (χ3v) is 3.41. The van der Waals surface area contributed by atoms with Gasteiger partial charge in [0.25, 0.3) is 0 Å². The maximum absolute atomic E-state index is 6.05. The highest BCUT2D eigenvalue weighted by Gasteiger charge is 2.23. The second-order valence-corrected chi connectivity index (χ2v) is 4.74. The third-order valence-electron chi connectivity index (χ3n) is 3.17. The fraction of sp³-hybridized carbons (Fsp3) is 0.538. The molecule has 17 heavy (non-hydrogen) atoms. The monoisotopic (exact) mass is 254 g/mol. The predicted octanol–water partition coefficient (Wildman–Crippen LogP) is 1.93. The Bertz CT molecular complexity index is 359. The first-order chi connectivity index (χ1) is 8.31. The lowest BCUT2D eigenvalue weighted by molar-refractivity contribution is 0.104. The molecule has 94 valence electrons. The van der Waals surface area contributed by atoms with Crippen LogP contribution >= 0.6 is 11.6 Å². The Hall–Kier alpha value is -0.610. The van der Waals surface area contributed by atoms with E-state index in [2.05, 4.69) is 22.3 Å². The first-order valence-electron chi connectivity index (χ1n) is 6.00. The summed E-state index contributed by atoms with van der Waals surface area (Å²) in [6.07, 6.45) is 0. The van der Waals surface area contributed by atoms with Crippen molar-refractivity contribution in [2.24, 2.45) is 0 Å². The van der Waals surface area contributed by atoms with Crippen LogP contribution in [0.1, 0.15) is 11.6 Å². The lowest BCUT2D eigenvalue weighted by Crippen LogP contribution is -2.47. The number of benzene rings is 1. The molecule has 0 spiro atoms. The van der Waals surface area contributed by atoms with E-state index in [-0.39, 0.29) is 0 Å². The molecule has 1 atom stereocenters. The number of nitrogens with one attached hydrogen (secondary N) is 1. The summed E-state index contributed by atoms with van der Waals surface area (Å²) in [5.74, 6) is 0. The van der Waals surface area contributed by atoms with Gasteiger partial charge in [0.2, 0.25) is 0 Å². The highest BCUT2D eigenvalue weighted by molar-refractivity contribution is 6.30. The molecular weight excluding hydrogens is 236 g/mol. The van der Waals surface area contributed by atoms with Crippen molar-refractivity contribution in [1.29, 1.82) is 0 Å². The number of rotatable bonds is 4. The number of piperazine rings is 1. The van der Waals surface area contributed by atoms with E-state index in [0.717, 1.165) is 37.8 Å². The molecule has 1 unspecified atom stereocenters. The summed E-state index contributed by atoms with van der Waals surface area (Å²) in [7, 11) is 1.75. The molecule has 3 nitrogen and oxygen atoms in total. The van der Waals surface area contributed by atoms with Gasteiger partial charge < -0.3 is 10.1 Å². The van der Waals surface area contributed by atoms with Gasteiger partial charge in [-0.25, -0.2) is 0 Å². The molecule has 4 heteroatoms. The third kappa shape index (κ3) is 3.42. The second kappa shape index (κ2) is 6.36. The van der Waals surface area contributed by atoms with Gasteiger partial charge in [0.15, 0.2) is 0 Å². The Morgan fingerprint density at radius 3 is 3.18 bits per heavy atom. The average molecular weight is 255 g/mol. The zero-order valence-corrected chi connectivity index (χ0v) is 10.9. The number of hydrogen-bond acceptors (Lipinski definition) is 3. The van der Waals surface area contributed by atoms with E-state index in [0.29, 0.717) is 6.04 Å². The molecule has 1 heterocycles. The highest BCUT2D eigenvalue weighted by atomic mass is 35.5. The van der Waals surface area contributed by atoms with Crippen molar-refractivity contribution < 1.29 is 4.74 Å².